The van der Waals surface area contributed by atoms with Crippen molar-refractivity contribution in [2.24, 2.45) is 0 Å². The summed E-state index contributed by atoms with van der Waals surface area (Å²) in [4.78, 5) is 13.1. The topological polar surface area (TPSA) is 50.4 Å². The van der Waals surface area contributed by atoms with Crippen LogP contribution >= 0.6 is 0 Å². The lowest BCUT2D eigenvalue weighted by Crippen LogP contribution is -2.45. The summed E-state index contributed by atoms with van der Waals surface area (Å²) in [6, 6.07) is 31.4. The van der Waals surface area contributed by atoms with Crippen molar-refractivity contribution in [2.75, 3.05) is 6.54 Å². The molecule has 0 radical (unpaired) electrons. The Morgan fingerprint density at radius 2 is 1.31 bits per heavy atom. The predicted molar refractivity (Wildman–Crippen MR) is 142 cm³/mol. The van der Waals surface area contributed by atoms with Crippen LogP contribution in [0.25, 0.3) is 0 Å². The Labute approximate surface area is 210 Å². The van der Waals surface area contributed by atoms with Crippen molar-refractivity contribution in [2.45, 2.75) is 69.7 Å². The van der Waals surface area contributed by atoms with Crippen LogP contribution < -0.4 is 10.6 Å². The van der Waals surface area contributed by atoms with E-state index >= 15 is 0 Å². The molecule has 4 nitrogen and oxygen atoms in total. The fraction of sp³-hybridized carbons (Fsp3) is 0.387. The van der Waals surface area contributed by atoms with Crippen LogP contribution in [0.2, 0.25) is 0 Å². The summed E-state index contributed by atoms with van der Waals surface area (Å²) in [6.07, 6.45) is 7.01. The molecule has 1 amide bonds. The number of benzene rings is 3. The van der Waals surface area contributed by atoms with Crippen molar-refractivity contribution in [3.8, 4) is 0 Å². The molecule has 35 heavy (non-hydrogen) atoms. The second kappa shape index (κ2) is 13.8. The van der Waals surface area contributed by atoms with Crippen molar-refractivity contribution in [3.63, 3.8) is 0 Å². The fourth-order valence-electron chi connectivity index (χ4n) is 4.80. The van der Waals surface area contributed by atoms with Gasteiger partial charge in [0.15, 0.2) is 0 Å². The van der Waals surface area contributed by atoms with Gasteiger partial charge in [-0.25, -0.2) is 0 Å². The van der Waals surface area contributed by atoms with Gasteiger partial charge in [0, 0.05) is 12.6 Å². The van der Waals surface area contributed by atoms with Crippen LogP contribution in [0.3, 0.4) is 0 Å². The monoisotopic (exact) mass is 470 g/mol. The highest BCUT2D eigenvalue weighted by molar-refractivity contribution is 5.82. The summed E-state index contributed by atoms with van der Waals surface area (Å²) in [5.74, 6) is 0.111. The SMILES string of the molecule is O=C(NC(CCCc1ccccc1)CCCc1ccccc1)C1C[C@@H](OCc2ccccc2)CN1. The van der Waals surface area contributed by atoms with E-state index in [1.807, 2.05) is 18.2 Å². The number of nitrogens with one attached hydrogen (secondary N) is 2. The first kappa shape index (κ1) is 25.2. The summed E-state index contributed by atoms with van der Waals surface area (Å²) in [5.41, 5.74) is 3.88. The van der Waals surface area contributed by atoms with Crippen LogP contribution in [0.5, 0.6) is 0 Å². The molecule has 0 bridgehead atoms. The van der Waals surface area contributed by atoms with Crippen LogP contribution in [-0.2, 0) is 29.0 Å². The van der Waals surface area contributed by atoms with E-state index in [4.69, 9.17) is 4.74 Å². The Morgan fingerprint density at radius 3 is 1.86 bits per heavy atom. The summed E-state index contributed by atoms with van der Waals surface area (Å²) in [6.45, 7) is 1.31. The Morgan fingerprint density at radius 1 is 0.800 bits per heavy atom. The molecule has 4 rings (SSSR count). The summed E-state index contributed by atoms with van der Waals surface area (Å²) in [5, 5.41) is 6.74. The van der Waals surface area contributed by atoms with E-state index in [9.17, 15) is 4.79 Å². The van der Waals surface area contributed by atoms with Crippen LogP contribution in [0, 0.1) is 0 Å². The summed E-state index contributed by atoms with van der Waals surface area (Å²) < 4.78 is 6.06. The lowest BCUT2D eigenvalue weighted by Gasteiger charge is -2.21. The Balaban J connectivity index is 1.25. The third kappa shape index (κ3) is 8.65. The summed E-state index contributed by atoms with van der Waals surface area (Å²) in [7, 11) is 0. The fourth-order valence-corrected chi connectivity index (χ4v) is 4.80. The van der Waals surface area contributed by atoms with Gasteiger partial charge in [-0.2, -0.15) is 0 Å². The molecule has 2 N–H and O–H groups in total. The number of carbonyl (C=O) groups excluding carboxylic acids is 1. The van der Waals surface area contributed by atoms with E-state index < -0.39 is 0 Å². The number of carbonyl (C=O) groups is 1. The molecule has 3 aromatic carbocycles. The second-order valence-electron chi connectivity index (χ2n) is 9.58. The predicted octanol–water partition coefficient (Wildman–Crippen LogP) is 5.46. The third-order valence-electron chi connectivity index (χ3n) is 6.80. The third-order valence-corrected chi connectivity index (χ3v) is 6.80. The van der Waals surface area contributed by atoms with Gasteiger partial charge in [0.25, 0.3) is 0 Å². The van der Waals surface area contributed by atoms with E-state index in [0.29, 0.717) is 6.61 Å². The molecule has 4 heteroatoms. The van der Waals surface area contributed by atoms with Crippen LogP contribution in [0.1, 0.15) is 48.8 Å². The first-order valence-electron chi connectivity index (χ1n) is 13.0. The zero-order chi connectivity index (χ0) is 24.1. The molecule has 1 saturated heterocycles. The largest absolute Gasteiger partial charge is 0.372 e. The van der Waals surface area contributed by atoms with E-state index in [2.05, 4.69) is 83.4 Å². The van der Waals surface area contributed by atoms with Gasteiger partial charge in [0.1, 0.15) is 0 Å². The van der Waals surface area contributed by atoms with E-state index in [1.165, 1.54) is 11.1 Å². The molecule has 0 spiro atoms. The second-order valence-corrected chi connectivity index (χ2v) is 9.58. The molecular weight excluding hydrogens is 432 g/mol. The highest BCUT2D eigenvalue weighted by Crippen LogP contribution is 2.16. The zero-order valence-electron chi connectivity index (χ0n) is 20.6. The van der Waals surface area contributed by atoms with Crippen molar-refractivity contribution >= 4 is 5.91 Å². The van der Waals surface area contributed by atoms with Gasteiger partial charge in [-0.15, -0.1) is 0 Å². The lowest BCUT2D eigenvalue weighted by molar-refractivity contribution is -0.123. The molecule has 1 aliphatic heterocycles. The zero-order valence-corrected chi connectivity index (χ0v) is 20.6. The molecule has 1 aliphatic rings. The first-order valence-corrected chi connectivity index (χ1v) is 13.0. The van der Waals surface area contributed by atoms with Crippen LogP contribution in [0.15, 0.2) is 91.0 Å². The molecule has 0 aromatic heterocycles. The summed E-state index contributed by atoms with van der Waals surface area (Å²) >= 11 is 0. The molecule has 0 saturated carbocycles. The number of rotatable bonds is 13. The van der Waals surface area contributed by atoms with E-state index in [1.54, 1.807) is 0 Å². The Bertz CT molecular complexity index is 949. The number of hydrogen-bond donors (Lipinski definition) is 2. The lowest BCUT2D eigenvalue weighted by atomic mass is 9.98. The molecule has 1 fully saturated rings. The molecule has 184 valence electrons. The Kier molecular flexibility index (Phi) is 9.93. The minimum Gasteiger partial charge on any atom is -0.372 e. The van der Waals surface area contributed by atoms with Crippen LogP contribution in [-0.4, -0.2) is 30.6 Å². The molecular formula is C31H38N2O2. The molecule has 1 unspecified atom stereocenters. The van der Waals surface area contributed by atoms with Gasteiger partial charge in [-0.05, 0) is 61.6 Å². The van der Waals surface area contributed by atoms with Gasteiger partial charge >= 0.3 is 0 Å². The smallest absolute Gasteiger partial charge is 0.237 e. The van der Waals surface area contributed by atoms with E-state index in [0.717, 1.165) is 57.1 Å². The van der Waals surface area contributed by atoms with Gasteiger partial charge in [-0.3, -0.25) is 4.79 Å². The van der Waals surface area contributed by atoms with Gasteiger partial charge in [0.05, 0.1) is 18.8 Å². The maximum atomic E-state index is 13.1. The van der Waals surface area contributed by atoms with Crippen LogP contribution in [0.4, 0.5) is 0 Å². The maximum Gasteiger partial charge on any atom is 0.237 e. The minimum atomic E-state index is -0.179. The average molecular weight is 471 g/mol. The normalized spacial score (nSPS) is 17.5. The van der Waals surface area contributed by atoms with Crippen molar-refractivity contribution in [3.05, 3.63) is 108 Å². The number of aryl methyl sites for hydroxylation is 2. The average Bonchev–Trinajstić information content (AvgIpc) is 3.39. The number of ether oxygens (including phenoxy) is 1. The van der Waals surface area contributed by atoms with Crippen molar-refractivity contribution in [1.82, 2.24) is 10.6 Å². The van der Waals surface area contributed by atoms with E-state index in [-0.39, 0.29) is 24.1 Å². The standard InChI is InChI=1S/C31H38N2O2/c34-31(30-22-29(23-32-30)35-24-27-16-8-3-9-17-27)33-28(20-10-18-25-12-4-1-5-13-25)21-11-19-26-14-6-2-7-15-26/h1-9,12-17,28-30,32H,10-11,18-24H2,(H,33,34)/t29-,30?/m1/s1. The van der Waals surface area contributed by atoms with Crippen molar-refractivity contribution in [1.29, 1.82) is 0 Å². The van der Waals surface area contributed by atoms with Gasteiger partial charge < -0.3 is 15.4 Å². The van der Waals surface area contributed by atoms with Crippen molar-refractivity contribution < 1.29 is 9.53 Å². The molecule has 1 heterocycles. The minimum absolute atomic E-state index is 0.0700. The number of amides is 1. The van der Waals surface area contributed by atoms with Gasteiger partial charge in [-0.1, -0.05) is 91.0 Å². The highest BCUT2D eigenvalue weighted by Gasteiger charge is 2.30. The van der Waals surface area contributed by atoms with Gasteiger partial charge in [0.2, 0.25) is 5.91 Å². The molecule has 2 atom stereocenters. The highest BCUT2D eigenvalue weighted by atomic mass is 16.5. The molecule has 0 aliphatic carbocycles. The quantitative estimate of drug-likeness (QED) is 0.349. The maximum absolute atomic E-state index is 13.1. The number of hydrogen-bond acceptors (Lipinski definition) is 3. The molecule has 3 aromatic rings. The first-order chi connectivity index (χ1) is 17.3. The Hall–Kier alpha value is -2.95.